The van der Waals surface area contributed by atoms with Gasteiger partial charge in [-0.05, 0) is 31.2 Å². The van der Waals surface area contributed by atoms with Crippen LogP contribution in [0, 0.1) is 11.6 Å². The largest absolute Gasteiger partial charge is 0.352 e. The van der Waals surface area contributed by atoms with Crippen molar-refractivity contribution in [1.29, 1.82) is 0 Å². The standard InChI is InChI=1S/C25H28F2N4O3/c1-3-4-13-29-23(32)19-15-30(14-18-20(26)11-8-12-21(18)27)25(34)31(24(19)33)16-22(28-2)17-9-6-5-7-10-17/h5-12,15,22,28H,3-4,13-14,16H2,1-2H3,(H,29,32)/t22-/m0/s1. The summed E-state index contributed by atoms with van der Waals surface area (Å²) in [6.07, 6.45) is 2.64. The van der Waals surface area contributed by atoms with E-state index in [2.05, 4.69) is 10.6 Å². The van der Waals surface area contributed by atoms with Gasteiger partial charge in [-0.15, -0.1) is 0 Å². The molecule has 3 aromatic rings. The molecular weight excluding hydrogens is 442 g/mol. The van der Waals surface area contributed by atoms with Gasteiger partial charge in [0.2, 0.25) is 0 Å². The van der Waals surface area contributed by atoms with Crippen LogP contribution >= 0.6 is 0 Å². The summed E-state index contributed by atoms with van der Waals surface area (Å²) in [6, 6.07) is 12.2. The summed E-state index contributed by atoms with van der Waals surface area (Å²) >= 11 is 0. The third-order valence-corrected chi connectivity index (χ3v) is 5.60. The summed E-state index contributed by atoms with van der Waals surface area (Å²) < 4.78 is 30.5. The summed E-state index contributed by atoms with van der Waals surface area (Å²) in [4.78, 5) is 39.2. The molecule has 1 amide bonds. The molecular formula is C25H28F2N4O3. The van der Waals surface area contributed by atoms with Gasteiger partial charge in [0.05, 0.1) is 19.1 Å². The van der Waals surface area contributed by atoms with Crippen molar-refractivity contribution < 1.29 is 13.6 Å². The predicted octanol–water partition coefficient (Wildman–Crippen LogP) is 2.83. The quantitative estimate of drug-likeness (QED) is 0.447. The molecule has 0 saturated heterocycles. The van der Waals surface area contributed by atoms with Crippen molar-refractivity contribution in [2.75, 3.05) is 13.6 Å². The van der Waals surface area contributed by atoms with Crippen LogP contribution in [0.2, 0.25) is 0 Å². The van der Waals surface area contributed by atoms with Gasteiger partial charge in [-0.2, -0.15) is 0 Å². The van der Waals surface area contributed by atoms with E-state index in [1.807, 2.05) is 37.3 Å². The normalized spacial score (nSPS) is 11.9. The van der Waals surface area contributed by atoms with Crippen molar-refractivity contribution in [1.82, 2.24) is 19.8 Å². The van der Waals surface area contributed by atoms with Gasteiger partial charge in [0, 0.05) is 18.3 Å². The fraction of sp³-hybridized carbons (Fsp3) is 0.320. The minimum atomic E-state index is -0.823. The number of nitrogens with one attached hydrogen (secondary N) is 2. The van der Waals surface area contributed by atoms with Gasteiger partial charge in [0.1, 0.15) is 17.2 Å². The predicted molar refractivity (Wildman–Crippen MR) is 126 cm³/mol. The molecule has 1 atom stereocenters. The molecule has 9 heteroatoms. The number of rotatable bonds is 10. The summed E-state index contributed by atoms with van der Waals surface area (Å²) in [6.45, 7) is 1.78. The van der Waals surface area contributed by atoms with E-state index < -0.39 is 41.4 Å². The Morgan fingerprint density at radius 2 is 1.71 bits per heavy atom. The topological polar surface area (TPSA) is 85.1 Å². The highest BCUT2D eigenvalue weighted by atomic mass is 19.1. The van der Waals surface area contributed by atoms with Crippen LogP contribution in [-0.2, 0) is 13.1 Å². The molecule has 0 radical (unpaired) electrons. The number of benzene rings is 2. The summed E-state index contributed by atoms with van der Waals surface area (Å²) in [7, 11) is 1.69. The van der Waals surface area contributed by atoms with Crippen LogP contribution in [0.4, 0.5) is 8.78 Å². The second kappa shape index (κ2) is 11.5. The number of carbonyl (C=O) groups is 1. The van der Waals surface area contributed by atoms with Crippen molar-refractivity contribution in [3.8, 4) is 0 Å². The van der Waals surface area contributed by atoms with Crippen molar-refractivity contribution >= 4 is 5.91 Å². The third-order valence-electron chi connectivity index (χ3n) is 5.60. The van der Waals surface area contributed by atoms with E-state index in [0.717, 1.165) is 45.9 Å². The Kier molecular flexibility index (Phi) is 8.48. The highest BCUT2D eigenvalue weighted by Gasteiger charge is 2.21. The average Bonchev–Trinajstić information content (AvgIpc) is 2.83. The van der Waals surface area contributed by atoms with E-state index in [0.29, 0.717) is 6.54 Å². The van der Waals surface area contributed by atoms with Crippen molar-refractivity contribution in [3.05, 3.63) is 104 Å². The van der Waals surface area contributed by atoms with Gasteiger partial charge in [0.25, 0.3) is 11.5 Å². The zero-order valence-corrected chi connectivity index (χ0v) is 19.2. The zero-order valence-electron chi connectivity index (χ0n) is 19.2. The maximum atomic E-state index is 14.3. The number of likely N-dealkylation sites (N-methyl/N-ethyl adjacent to an activating group) is 1. The number of halogens is 2. The molecule has 0 aliphatic heterocycles. The van der Waals surface area contributed by atoms with Crippen LogP contribution in [0.15, 0.2) is 64.3 Å². The van der Waals surface area contributed by atoms with Gasteiger partial charge in [0.15, 0.2) is 0 Å². The number of hydrogen-bond acceptors (Lipinski definition) is 4. The van der Waals surface area contributed by atoms with E-state index in [1.165, 1.54) is 6.07 Å². The van der Waals surface area contributed by atoms with Gasteiger partial charge in [-0.25, -0.2) is 13.6 Å². The lowest BCUT2D eigenvalue weighted by molar-refractivity contribution is 0.0949. The second-order valence-corrected chi connectivity index (χ2v) is 7.93. The van der Waals surface area contributed by atoms with Crippen LogP contribution in [0.25, 0.3) is 0 Å². The maximum Gasteiger partial charge on any atom is 0.331 e. The minimum absolute atomic E-state index is 0.0754. The van der Waals surface area contributed by atoms with Crippen LogP contribution in [0.1, 0.15) is 47.3 Å². The molecule has 0 aliphatic rings. The number of amides is 1. The van der Waals surface area contributed by atoms with Crippen molar-refractivity contribution in [2.45, 2.75) is 38.9 Å². The van der Waals surface area contributed by atoms with Crippen molar-refractivity contribution in [3.63, 3.8) is 0 Å². The first-order chi connectivity index (χ1) is 16.4. The molecule has 0 bridgehead atoms. The molecule has 7 nitrogen and oxygen atoms in total. The lowest BCUT2D eigenvalue weighted by Crippen LogP contribution is -2.46. The molecule has 1 aromatic heterocycles. The van der Waals surface area contributed by atoms with E-state index in [9.17, 15) is 23.2 Å². The smallest absolute Gasteiger partial charge is 0.331 e. The molecule has 3 rings (SSSR count). The van der Waals surface area contributed by atoms with E-state index in [-0.39, 0.29) is 17.7 Å². The van der Waals surface area contributed by atoms with Crippen molar-refractivity contribution in [2.24, 2.45) is 0 Å². The highest BCUT2D eigenvalue weighted by Crippen LogP contribution is 2.15. The molecule has 0 spiro atoms. The average molecular weight is 471 g/mol. The van der Waals surface area contributed by atoms with E-state index in [1.54, 1.807) is 7.05 Å². The highest BCUT2D eigenvalue weighted by molar-refractivity contribution is 5.93. The van der Waals surface area contributed by atoms with Gasteiger partial charge in [-0.1, -0.05) is 49.7 Å². The summed E-state index contributed by atoms with van der Waals surface area (Å²) in [5, 5.41) is 5.74. The van der Waals surface area contributed by atoms with Crippen LogP contribution in [-0.4, -0.2) is 28.6 Å². The molecule has 2 aromatic carbocycles. The Hall–Kier alpha value is -3.59. The first-order valence-corrected chi connectivity index (χ1v) is 11.1. The molecule has 180 valence electrons. The molecule has 0 saturated carbocycles. The summed E-state index contributed by atoms with van der Waals surface area (Å²) in [5.41, 5.74) is -1.30. The maximum absolute atomic E-state index is 14.3. The van der Waals surface area contributed by atoms with Crippen LogP contribution in [0.3, 0.4) is 0 Å². The SMILES string of the molecule is CCCCNC(=O)c1cn(Cc2c(F)cccc2F)c(=O)n(C[C@H](NC)c2ccccc2)c1=O. The Morgan fingerprint density at radius 1 is 1.03 bits per heavy atom. The lowest BCUT2D eigenvalue weighted by Gasteiger charge is -2.19. The molecule has 2 N–H and O–H groups in total. The number of carbonyl (C=O) groups excluding carboxylic acids is 1. The summed E-state index contributed by atoms with van der Waals surface area (Å²) in [5.74, 6) is -2.29. The third kappa shape index (κ3) is 5.66. The van der Waals surface area contributed by atoms with Gasteiger partial charge < -0.3 is 10.6 Å². The first kappa shape index (κ1) is 25.0. The monoisotopic (exact) mass is 470 g/mol. The molecule has 0 aliphatic carbocycles. The number of nitrogens with zero attached hydrogens (tertiary/aromatic N) is 2. The molecule has 1 heterocycles. The molecule has 0 unspecified atom stereocenters. The van der Waals surface area contributed by atoms with E-state index in [4.69, 9.17) is 0 Å². The Balaban J connectivity index is 2.10. The zero-order chi connectivity index (χ0) is 24.7. The van der Waals surface area contributed by atoms with E-state index >= 15 is 0 Å². The number of aromatic nitrogens is 2. The van der Waals surface area contributed by atoms with Gasteiger partial charge >= 0.3 is 5.69 Å². The second-order valence-electron chi connectivity index (χ2n) is 7.93. The molecule has 0 fully saturated rings. The Morgan fingerprint density at radius 3 is 2.32 bits per heavy atom. The Bertz CT molecular complexity index is 1240. The Labute approximate surface area is 196 Å². The van der Waals surface area contributed by atoms with Gasteiger partial charge in [-0.3, -0.25) is 18.7 Å². The molecule has 34 heavy (non-hydrogen) atoms. The first-order valence-electron chi connectivity index (χ1n) is 11.1. The lowest BCUT2D eigenvalue weighted by atomic mass is 10.1. The number of hydrogen-bond donors (Lipinski definition) is 2. The fourth-order valence-corrected chi connectivity index (χ4v) is 3.64. The number of unbranched alkanes of at least 4 members (excludes halogenated alkanes) is 1. The fourth-order valence-electron chi connectivity index (χ4n) is 3.64. The van der Waals surface area contributed by atoms with Crippen LogP contribution < -0.4 is 21.9 Å². The van der Waals surface area contributed by atoms with Crippen LogP contribution in [0.5, 0.6) is 0 Å². The minimum Gasteiger partial charge on any atom is -0.352 e.